The lowest BCUT2D eigenvalue weighted by Crippen LogP contribution is -2.34. The van der Waals surface area contributed by atoms with Gasteiger partial charge in [-0.3, -0.25) is 5.32 Å². The first-order chi connectivity index (χ1) is 12.1. The first-order valence-corrected chi connectivity index (χ1v) is 9.17. The standard InChI is InChI=1S/C13H11F5N2O5S2/c1-12(2,3)24-11(21)20-10-19-7-8(25-27(22,23)13(16,17)18)5(14)4-6(15)9(7)26-10/h4H,1-3H3,(H-,19,20,21,22,23)/p+1. The highest BCUT2D eigenvalue weighted by atomic mass is 32.3. The molecule has 150 valence electrons. The fourth-order valence-corrected chi connectivity index (χ4v) is 3.01. The molecule has 0 aliphatic heterocycles. The van der Waals surface area contributed by atoms with Crippen molar-refractivity contribution in [3.63, 3.8) is 0 Å². The maximum Gasteiger partial charge on any atom is 0.650 e. The number of hydrogen-bond donors (Lipinski definition) is 2. The zero-order valence-electron chi connectivity index (χ0n) is 13.8. The lowest BCUT2D eigenvalue weighted by molar-refractivity contribution is -0.0578. The molecule has 1 atom stereocenters. The molecule has 0 radical (unpaired) electrons. The van der Waals surface area contributed by atoms with E-state index in [-0.39, 0.29) is 11.2 Å². The molecule has 14 heteroatoms. The van der Waals surface area contributed by atoms with Crippen LogP contribution in [0.3, 0.4) is 0 Å². The van der Waals surface area contributed by atoms with Gasteiger partial charge in [0.25, 0.3) is 5.75 Å². The van der Waals surface area contributed by atoms with Gasteiger partial charge in [-0.05, 0) is 25.0 Å². The molecule has 2 rings (SSSR count). The van der Waals surface area contributed by atoms with Crippen molar-refractivity contribution in [3.8, 4) is 5.75 Å². The topological polar surface area (TPSA) is 97.8 Å². The van der Waals surface area contributed by atoms with Crippen LogP contribution in [-0.2, 0) is 19.4 Å². The predicted octanol–water partition coefficient (Wildman–Crippen LogP) is 4.71. The van der Waals surface area contributed by atoms with E-state index in [2.05, 4.69) is 14.5 Å². The second-order valence-corrected chi connectivity index (χ2v) is 8.58. The van der Waals surface area contributed by atoms with Crippen molar-refractivity contribution in [2.24, 2.45) is 0 Å². The summed E-state index contributed by atoms with van der Waals surface area (Å²) >= 11 is 0.434. The van der Waals surface area contributed by atoms with Crippen LogP contribution in [0.2, 0.25) is 0 Å². The largest absolute Gasteiger partial charge is 0.650 e. The van der Waals surface area contributed by atoms with Crippen molar-refractivity contribution in [2.45, 2.75) is 31.9 Å². The molecule has 2 aromatic rings. The van der Waals surface area contributed by atoms with Gasteiger partial charge in [0.2, 0.25) is 0 Å². The van der Waals surface area contributed by atoms with Crippen LogP contribution in [0, 0.1) is 11.6 Å². The van der Waals surface area contributed by atoms with E-state index < -0.39 is 55.3 Å². The number of thiazole rings is 1. The van der Waals surface area contributed by atoms with E-state index >= 15 is 0 Å². The summed E-state index contributed by atoms with van der Waals surface area (Å²) in [6.45, 7) is 4.67. The van der Waals surface area contributed by atoms with Crippen molar-refractivity contribution in [1.82, 2.24) is 4.98 Å². The van der Waals surface area contributed by atoms with Crippen molar-refractivity contribution in [1.29, 1.82) is 0 Å². The summed E-state index contributed by atoms with van der Waals surface area (Å²) in [6, 6.07) is 0.166. The molecule has 0 aliphatic carbocycles. The monoisotopic (exact) mass is 435 g/mol. The number of halogens is 5. The van der Waals surface area contributed by atoms with Gasteiger partial charge in [0.05, 0.1) is 4.70 Å². The molecule has 0 bridgehead atoms. The Bertz CT molecular complexity index is 938. The highest BCUT2D eigenvalue weighted by Crippen LogP contribution is 2.40. The number of alkyl halides is 3. The van der Waals surface area contributed by atoms with Crippen molar-refractivity contribution < 1.29 is 44.4 Å². The number of hydrogen-bond acceptors (Lipinski definition) is 6. The maximum absolute atomic E-state index is 13.9. The van der Waals surface area contributed by atoms with Crippen LogP contribution in [0.15, 0.2) is 6.07 Å². The van der Waals surface area contributed by atoms with Gasteiger partial charge in [0, 0.05) is 6.07 Å². The summed E-state index contributed by atoms with van der Waals surface area (Å²) in [7, 11) is -5.98. The van der Waals surface area contributed by atoms with Crippen molar-refractivity contribution in [3.05, 3.63) is 17.7 Å². The van der Waals surface area contributed by atoms with E-state index in [4.69, 9.17) is 9.29 Å². The third-order valence-electron chi connectivity index (χ3n) is 2.63. The van der Waals surface area contributed by atoms with Gasteiger partial charge in [-0.15, -0.1) is 17.7 Å². The van der Waals surface area contributed by atoms with Crippen LogP contribution in [0.1, 0.15) is 20.8 Å². The van der Waals surface area contributed by atoms with E-state index in [1.165, 1.54) is 0 Å². The van der Waals surface area contributed by atoms with Crippen LogP contribution >= 0.6 is 11.3 Å². The molecule has 7 nitrogen and oxygen atoms in total. The lowest BCUT2D eigenvalue weighted by Gasteiger charge is -2.18. The molecule has 2 N–H and O–H groups in total. The van der Waals surface area contributed by atoms with Gasteiger partial charge in [0.15, 0.2) is 10.9 Å². The Hall–Kier alpha value is -2.06. The number of nitrogens with zero attached hydrogens (tertiary/aromatic N) is 1. The minimum absolute atomic E-state index is 0.166. The Balaban J connectivity index is 2.46. The first-order valence-electron chi connectivity index (χ1n) is 6.91. The Morgan fingerprint density at radius 3 is 2.37 bits per heavy atom. The molecule has 0 saturated heterocycles. The molecular weight excluding hydrogens is 423 g/mol. The van der Waals surface area contributed by atoms with Crippen LogP contribution < -0.4 is 9.50 Å². The van der Waals surface area contributed by atoms with Gasteiger partial charge in [0.1, 0.15) is 16.9 Å². The Morgan fingerprint density at radius 1 is 1.26 bits per heavy atom. The summed E-state index contributed by atoms with van der Waals surface area (Å²) < 4.78 is 93.8. The highest BCUT2D eigenvalue weighted by Gasteiger charge is 2.63. The normalized spacial score (nSPS) is 14.7. The second-order valence-electron chi connectivity index (χ2n) is 6.00. The third kappa shape index (κ3) is 4.81. The average Bonchev–Trinajstić information content (AvgIpc) is 2.84. The Kier molecular flexibility index (Phi) is 5.38. The highest BCUT2D eigenvalue weighted by molar-refractivity contribution is 7.94. The second kappa shape index (κ2) is 6.83. The fraction of sp³-hybridized carbons (Fsp3) is 0.385. The molecule has 1 aromatic carbocycles. The van der Waals surface area contributed by atoms with Crippen molar-refractivity contribution >= 4 is 43.3 Å². The summed E-state index contributed by atoms with van der Waals surface area (Å²) in [5, 5.41) is 1.74. The number of aromatic nitrogens is 1. The zero-order chi connectivity index (χ0) is 20.8. The molecular formula is C13H12F5N2O5S2+. The van der Waals surface area contributed by atoms with E-state index in [1.54, 1.807) is 20.8 Å². The molecule has 1 unspecified atom stereocenters. The van der Waals surface area contributed by atoms with Gasteiger partial charge in [-0.2, -0.15) is 0 Å². The van der Waals surface area contributed by atoms with Crippen LogP contribution in [0.4, 0.5) is 31.9 Å². The fourth-order valence-electron chi connectivity index (χ4n) is 1.68. The van der Waals surface area contributed by atoms with Crippen molar-refractivity contribution in [2.75, 3.05) is 5.32 Å². The van der Waals surface area contributed by atoms with E-state index in [0.29, 0.717) is 11.3 Å². The average molecular weight is 435 g/mol. The molecule has 0 aliphatic rings. The molecule has 1 heterocycles. The minimum Gasteiger partial charge on any atom is -0.444 e. The smallest absolute Gasteiger partial charge is 0.444 e. The van der Waals surface area contributed by atoms with Gasteiger partial charge < -0.3 is 4.74 Å². The van der Waals surface area contributed by atoms with Gasteiger partial charge >= 0.3 is 22.1 Å². The minimum atomic E-state index is -5.98. The van der Waals surface area contributed by atoms with Crippen LogP contribution in [-0.4, -0.2) is 26.7 Å². The number of carbonyl (C=O) groups excluding carboxylic acids is 1. The number of carbonyl (C=O) groups is 1. The molecule has 27 heavy (non-hydrogen) atoms. The lowest BCUT2D eigenvalue weighted by atomic mass is 10.2. The number of ether oxygens (including phenoxy) is 1. The summed E-state index contributed by atoms with van der Waals surface area (Å²) in [5.74, 6) is -4.29. The third-order valence-corrected chi connectivity index (χ3v) is 4.58. The number of amides is 1. The van der Waals surface area contributed by atoms with E-state index in [9.17, 15) is 31.0 Å². The number of anilines is 1. The molecule has 1 aromatic heterocycles. The summed E-state index contributed by atoms with van der Waals surface area (Å²) in [5.41, 5.74) is -7.43. The number of fused-ring (bicyclic) bond motifs is 1. The van der Waals surface area contributed by atoms with E-state index in [1.807, 2.05) is 0 Å². The maximum atomic E-state index is 13.9. The van der Waals surface area contributed by atoms with E-state index in [0.717, 1.165) is 0 Å². The Morgan fingerprint density at radius 2 is 1.85 bits per heavy atom. The summed E-state index contributed by atoms with van der Waals surface area (Å²) in [4.78, 5) is 15.3. The summed E-state index contributed by atoms with van der Waals surface area (Å²) in [6.07, 6.45) is -1.01. The molecule has 0 spiro atoms. The quantitative estimate of drug-likeness (QED) is 0.536. The molecule has 1 amide bonds. The first kappa shape index (κ1) is 21.2. The van der Waals surface area contributed by atoms with Gasteiger partial charge in [-0.1, -0.05) is 11.3 Å². The SMILES string of the molecule is CC(C)(C)OC(=O)Nc1nc2c(O[S+](=O)(O)C(F)(F)F)c(F)cc(F)c2s1. The number of nitrogens with one attached hydrogen (secondary N) is 1. The Labute approximate surface area is 153 Å². The number of benzene rings is 1. The number of rotatable bonds is 3. The van der Waals surface area contributed by atoms with Gasteiger partial charge in [-0.25, -0.2) is 22.7 Å². The molecule has 0 fully saturated rings. The molecule has 0 saturated carbocycles. The van der Waals surface area contributed by atoms with Crippen LogP contribution in [0.25, 0.3) is 10.2 Å². The predicted molar refractivity (Wildman–Crippen MR) is 86.8 cm³/mol. The zero-order valence-corrected chi connectivity index (χ0v) is 15.4. The van der Waals surface area contributed by atoms with Crippen LogP contribution in [0.5, 0.6) is 5.75 Å².